The summed E-state index contributed by atoms with van der Waals surface area (Å²) >= 11 is 2.35. The molecule has 2 heterocycles. The molecule has 3 aromatic rings. The number of rotatable bonds is 9. The first-order valence-electron chi connectivity index (χ1n) is 9.94. The summed E-state index contributed by atoms with van der Waals surface area (Å²) in [5, 5.41) is 12.0. The average Bonchev–Trinajstić information content (AvgIpc) is 3.29. The number of carbonyl (C=O) groups is 2. The molecule has 0 unspecified atom stereocenters. The molecule has 0 spiro atoms. The molecule has 0 aliphatic heterocycles. The van der Waals surface area contributed by atoms with Crippen LogP contribution in [0.3, 0.4) is 0 Å². The zero-order valence-electron chi connectivity index (χ0n) is 18.6. The van der Waals surface area contributed by atoms with Crippen molar-refractivity contribution in [3.8, 4) is 5.75 Å². The molecular weight excluding hydrogens is 450 g/mol. The first-order valence-corrected chi connectivity index (χ1v) is 11.7. The van der Waals surface area contributed by atoms with Crippen LogP contribution in [0.5, 0.6) is 5.75 Å². The summed E-state index contributed by atoms with van der Waals surface area (Å²) in [6.07, 6.45) is 0. The Balaban J connectivity index is 1.54. The molecule has 0 fully saturated rings. The van der Waals surface area contributed by atoms with Crippen molar-refractivity contribution in [2.24, 2.45) is 7.05 Å². The molecule has 0 atom stereocenters. The smallest absolute Gasteiger partial charge is 0.350 e. The van der Waals surface area contributed by atoms with Crippen molar-refractivity contribution in [1.29, 1.82) is 0 Å². The minimum absolute atomic E-state index is 0.122. The lowest BCUT2D eigenvalue weighted by molar-refractivity contribution is -0.113. The maximum atomic E-state index is 12.3. The fourth-order valence-electron chi connectivity index (χ4n) is 2.74. The van der Waals surface area contributed by atoms with Crippen LogP contribution in [0.2, 0.25) is 0 Å². The van der Waals surface area contributed by atoms with Gasteiger partial charge in [0.1, 0.15) is 17.2 Å². The molecular formula is C21H25N5O4S2. The number of ether oxygens (including phenoxy) is 2. The number of thiazole rings is 1. The van der Waals surface area contributed by atoms with Crippen molar-refractivity contribution in [2.75, 3.05) is 17.7 Å². The Kier molecular flexibility index (Phi) is 7.86. The quantitative estimate of drug-likeness (QED) is 0.369. The largest absolute Gasteiger partial charge is 0.485 e. The molecule has 0 aliphatic carbocycles. The molecule has 0 saturated carbocycles. The van der Waals surface area contributed by atoms with E-state index in [-0.39, 0.29) is 24.9 Å². The van der Waals surface area contributed by atoms with E-state index in [0.717, 1.165) is 28.2 Å². The monoisotopic (exact) mass is 475 g/mol. The van der Waals surface area contributed by atoms with Gasteiger partial charge < -0.3 is 19.4 Å². The number of esters is 1. The summed E-state index contributed by atoms with van der Waals surface area (Å²) < 4.78 is 12.7. The van der Waals surface area contributed by atoms with Gasteiger partial charge in [0.05, 0.1) is 18.1 Å². The van der Waals surface area contributed by atoms with Gasteiger partial charge in [-0.1, -0.05) is 35.2 Å². The molecule has 0 bridgehead atoms. The van der Waals surface area contributed by atoms with E-state index < -0.39 is 5.97 Å². The molecule has 0 aliphatic rings. The summed E-state index contributed by atoms with van der Waals surface area (Å²) in [7, 11) is 1.83. The van der Waals surface area contributed by atoms with E-state index in [1.165, 1.54) is 11.8 Å². The highest BCUT2D eigenvalue weighted by atomic mass is 32.2. The van der Waals surface area contributed by atoms with Crippen LogP contribution in [0.15, 0.2) is 23.4 Å². The first-order chi connectivity index (χ1) is 15.3. The third-order valence-electron chi connectivity index (χ3n) is 4.67. The van der Waals surface area contributed by atoms with Crippen molar-refractivity contribution < 1.29 is 19.1 Å². The predicted octanol–water partition coefficient (Wildman–Crippen LogP) is 3.68. The van der Waals surface area contributed by atoms with Crippen molar-refractivity contribution >= 4 is 40.1 Å². The Morgan fingerprint density at radius 2 is 2.00 bits per heavy atom. The maximum Gasteiger partial charge on any atom is 0.350 e. The van der Waals surface area contributed by atoms with Gasteiger partial charge in [-0.25, -0.2) is 9.78 Å². The molecule has 3 rings (SSSR count). The second-order valence-electron chi connectivity index (χ2n) is 6.94. The van der Waals surface area contributed by atoms with E-state index in [0.29, 0.717) is 26.7 Å². The third-order valence-corrected chi connectivity index (χ3v) is 6.75. The molecule has 1 N–H and O–H groups in total. The summed E-state index contributed by atoms with van der Waals surface area (Å²) in [6, 6.07) is 5.91. The number of thioether (sulfide) groups is 1. The number of nitrogens with one attached hydrogen (secondary N) is 1. The molecule has 1 aromatic carbocycles. The molecule has 11 heteroatoms. The van der Waals surface area contributed by atoms with Crippen LogP contribution in [0.25, 0.3) is 0 Å². The van der Waals surface area contributed by atoms with Crippen molar-refractivity contribution in [3.05, 3.63) is 45.7 Å². The zero-order chi connectivity index (χ0) is 23.3. The minimum atomic E-state index is -0.438. The standard InChI is InChI=1S/C21H25N5O4S2/c1-6-29-19(28)18-14(4)22-20(32-18)23-17(27)11-31-21-25-24-16(26(21)5)10-30-15-9-7-8-12(2)13(15)3/h7-9H,6,10-11H2,1-5H3,(H,22,23,27). The van der Waals surface area contributed by atoms with Gasteiger partial charge in [0, 0.05) is 7.05 Å². The van der Waals surface area contributed by atoms with E-state index in [9.17, 15) is 9.59 Å². The highest BCUT2D eigenvalue weighted by Crippen LogP contribution is 2.25. The maximum absolute atomic E-state index is 12.3. The number of aromatic nitrogens is 4. The van der Waals surface area contributed by atoms with Crippen LogP contribution in [-0.2, 0) is 23.2 Å². The minimum Gasteiger partial charge on any atom is -0.485 e. The lowest BCUT2D eigenvalue weighted by Crippen LogP contribution is -2.14. The number of aryl methyl sites for hydroxylation is 2. The van der Waals surface area contributed by atoms with Gasteiger partial charge in [-0.3, -0.25) is 4.79 Å². The molecule has 1 amide bonds. The van der Waals surface area contributed by atoms with E-state index in [1.807, 2.05) is 39.1 Å². The molecule has 0 saturated heterocycles. The van der Waals surface area contributed by atoms with Crippen LogP contribution in [0.1, 0.15) is 39.2 Å². The Bertz CT molecular complexity index is 1130. The highest BCUT2D eigenvalue weighted by Gasteiger charge is 2.18. The summed E-state index contributed by atoms with van der Waals surface area (Å²) in [4.78, 5) is 28.8. The van der Waals surface area contributed by atoms with Crippen LogP contribution < -0.4 is 10.1 Å². The summed E-state index contributed by atoms with van der Waals surface area (Å²) in [6.45, 7) is 8.05. The SMILES string of the molecule is CCOC(=O)c1sc(NC(=O)CSc2nnc(COc3cccc(C)c3C)n2C)nc1C. The number of hydrogen-bond acceptors (Lipinski definition) is 9. The Morgan fingerprint density at radius 1 is 1.22 bits per heavy atom. The first kappa shape index (κ1) is 23.7. The summed E-state index contributed by atoms with van der Waals surface area (Å²) in [5.41, 5.74) is 2.77. The van der Waals surface area contributed by atoms with E-state index in [4.69, 9.17) is 9.47 Å². The van der Waals surface area contributed by atoms with E-state index in [2.05, 4.69) is 20.5 Å². The van der Waals surface area contributed by atoms with Gasteiger partial charge in [-0.05, 0) is 44.9 Å². The second kappa shape index (κ2) is 10.6. The number of anilines is 1. The zero-order valence-corrected chi connectivity index (χ0v) is 20.2. The Hall–Kier alpha value is -2.92. The van der Waals surface area contributed by atoms with Crippen LogP contribution in [0, 0.1) is 20.8 Å². The highest BCUT2D eigenvalue weighted by molar-refractivity contribution is 7.99. The van der Waals surface area contributed by atoms with Gasteiger partial charge in [0.2, 0.25) is 5.91 Å². The Labute approximate surface area is 194 Å². The van der Waals surface area contributed by atoms with E-state index >= 15 is 0 Å². The van der Waals surface area contributed by atoms with Crippen LogP contribution in [-0.4, -0.2) is 44.0 Å². The molecule has 0 radical (unpaired) electrons. The van der Waals surface area contributed by atoms with Crippen LogP contribution in [0.4, 0.5) is 5.13 Å². The van der Waals surface area contributed by atoms with Gasteiger partial charge in [-0.15, -0.1) is 10.2 Å². The van der Waals surface area contributed by atoms with E-state index in [1.54, 1.807) is 18.4 Å². The Morgan fingerprint density at radius 3 is 2.75 bits per heavy atom. The van der Waals surface area contributed by atoms with Gasteiger partial charge in [-0.2, -0.15) is 0 Å². The van der Waals surface area contributed by atoms with Crippen molar-refractivity contribution in [1.82, 2.24) is 19.7 Å². The molecule has 2 aromatic heterocycles. The van der Waals surface area contributed by atoms with Gasteiger partial charge in [0.15, 0.2) is 16.1 Å². The lowest BCUT2D eigenvalue weighted by Gasteiger charge is -2.10. The average molecular weight is 476 g/mol. The molecule has 170 valence electrons. The molecule has 32 heavy (non-hydrogen) atoms. The third kappa shape index (κ3) is 5.65. The number of hydrogen-bond donors (Lipinski definition) is 1. The fraction of sp³-hybridized carbons (Fsp3) is 0.381. The topological polar surface area (TPSA) is 108 Å². The number of carbonyl (C=O) groups excluding carboxylic acids is 2. The fourth-order valence-corrected chi connectivity index (χ4v) is 4.35. The van der Waals surface area contributed by atoms with Crippen molar-refractivity contribution in [3.63, 3.8) is 0 Å². The van der Waals surface area contributed by atoms with Crippen molar-refractivity contribution in [2.45, 2.75) is 39.5 Å². The van der Waals surface area contributed by atoms with Gasteiger partial charge >= 0.3 is 5.97 Å². The molecule has 9 nitrogen and oxygen atoms in total. The predicted molar refractivity (Wildman–Crippen MR) is 123 cm³/mol. The normalized spacial score (nSPS) is 10.8. The summed E-state index contributed by atoms with van der Waals surface area (Å²) in [5.74, 6) is 0.894. The number of nitrogens with zero attached hydrogens (tertiary/aromatic N) is 4. The van der Waals surface area contributed by atoms with Crippen LogP contribution >= 0.6 is 23.1 Å². The number of benzene rings is 1. The van der Waals surface area contributed by atoms with Gasteiger partial charge in [0.25, 0.3) is 0 Å². The second-order valence-corrected chi connectivity index (χ2v) is 8.88. The lowest BCUT2D eigenvalue weighted by atomic mass is 10.1. The number of amides is 1.